The van der Waals surface area contributed by atoms with Crippen molar-refractivity contribution in [3.8, 4) is 0 Å². The van der Waals surface area contributed by atoms with E-state index >= 15 is 0 Å². The SMILES string of the molecule is [Cl][Pd][C]12CC3CC(CC(C3)C1)C2. The Bertz CT molecular complexity index is 167. The molecule has 4 rings (SSSR count). The average Bonchev–Trinajstić information content (AvgIpc) is 2.02. The second kappa shape index (κ2) is 2.72. The zero-order chi connectivity index (χ0) is 8.18. The van der Waals surface area contributed by atoms with Crippen molar-refractivity contribution in [3.63, 3.8) is 0 Å². The maximum absolute atomic E-state index is 6.17. The molecular weight excluding hydrogens is 262 g/mol. The van der Waals surface area contributed by atoms with E-state index in [2.05, 4.69) is 0 Å². The van der Waals surface area contributed by atoms with Crippen LogP contribution in [0.4, 0.5) is 0 Å². The standard InChI is InChI=1S/C10H15.ClH.Pd/c1-7-2-9-4-8(1)5-10(3-7)6-9;;/h7-9H,1-6H2;1H;/q;;+1/p-1. The molecule has 0 unspecified atom stereocenters. The van der Waals surface area contributed by atoms with Gasteiger partial charge in [0.1, 0.15) is 0 Å². The van der Waals surface area contributed by atoms with Crippen molar-refractivity contribution < 1.29 is 17.0 Å². The van der Waals surface area contributed by atoms with Gasteiger partial charge >= 0.3 is 86.7 Å². The van der Waals surface area contributed by atoms with E-state index in [1.807, 2.05) is 0 Å². The van der Waals surface area contributed by atoms with Crippen molar-refractivity contribution in [3.05, 3.63) is 0 Å². The van der Waals surface area contributed by atoms with Gasteiger partial charge < -0.3 is 0 Å². The van der Waals surface area contributed by atoms with Gasteiger partial charge in [0.25, 0.3) is 0 Å². The Labute approximate surface area is 86.6 Å². The molecule has 0 aromatic heterocycles. The van der Waals surface area contributed by atoms with Crippen LogP contribution in [0.3, 0.4) is 0 Å². The first-order valence-electron chi connectivity index (χ1n) is 5.01. The van der Waals surface area contributed by atoms with Gasteiger partial charge in [-0.2, -0.15) is 0 Å². The molecule has 0 nitrogen and oxygen atoms in total. The Kier molecular flexibility index (Phi) is 1.88. The van der Waals surface area contributed by atoms with Crippen LogP contribution in [0.1, 0.15) is 38.5 Å². The summed E-state index contributed by atoms with van der Waals surface area (Å²) in [5.74, 6) is 3.23. The minimum atomic E-state index is 0.513. The summed E-state index contributed by atoms with van der Waals surface area (Å²) in [5, 5.41) is 0. The van der Waals surface area contributed by atoms with E-state index in [4.69, 9.17) is 9.53 Å². The first-order valence-corrected chi connectivity index (χ1v) is 7.79. The Morgan fingerprint density at radius 3 is 1.67 bits per heavy atom. The third-order valence-corrected chi connectivity index (χ3v) is 7.13. The van der Waals surface area contributed by atoms with Gasteiger partial charge in [-0.25, -0.2) is 0 Å². The van der Waals surface area contributed by atoms with E-state index < -0.39 is 0 Å². The zero-order valence-corrected chi connectivity index (χ0v) is 9.48. The molecule has 0 radical (unpaired) electrons. The van der Waals surface area contributed by atoms with Gasteiger partial charge in [-0.15, -0.1) is 0 Å². The monoisotopic (exact) mass is 276 g/mol. The molecule has 4 fully saturated rings. The molecule has 12 heavy (non-hydrogen) atoms. The third kappa shape index (κ3) is 1.13. The quantitative estimate of drug-likeness (QED) is 0.642. The summed E-state index contributed by atoms with van der Waals surface area (Å²) in [7, 11) is 6.17. The van der Waals surface area contributed by atoms with E-state index in [1.165, 1.54) is 19.3 Å². The van der Waals surface area contributed by atoms with E-state index in [-0.39, 0.29) is 0 Å². The molecule has 0 aromatic carbocycles. The molecule has 4 aliphatic carbocycles. The van der Waals surface area contributed by atoms with Crippen molar-refractivity contribution in [2.75, 3.05) is 0 Å². The van der Waals surface area contributed by atoms with E-state index in [0.717, 1.165) is 17.8 Å². The van der Waals surface area contributed by atoms with E-state index in [1.54, 1.807) is 19.3 Å². The fourth-order valence-electron chi connectivity index (χ4n) is 4.02. The molecule has 4 bridgehead atoms. The van der Waals surface area contributed by atoms with Crippen molar-refractivity contribution in [1.29, 1.82) is 0 Å². The second-order valence-corrected chi connectivity index (χ2v) is 7.71. The molecule has 0 aliphatic heterocycles. The summed E-state index contributed by atoms with van der Waals surface area (Å²) >= 11 is 0.513. The molecule has 0 saturated heterocycles. The number of hydrogen-bond donors (Lipinski definition) is 0. The predicted octanol–water partition coefficient (Wildman–Crippen LogP) is 3.61. The Morgan fingerprint density at radius 2 is 1.33 bits per heavy atom. The van der Waals surface area contributed by atoms with Crippen LogP contribution in [0.5, 0.6) is 0 Å². The predicted molar refractivity (Wildman–Crippen MR) is 46.7 cm³/mol. The number of rotatable bonds is 1. The fraction of sp³-hybridized carbons (Fsp3) is 1.00. The molecule has 0 spiro atoms. The van der Waals surface area contributed by atoms with Crippen LogP contribution in [0.15, 0.2) is 0 Å². The van der Waals surface area contributed by atoms with E-state index in [0.29, 0.717) is 20.8 Å². The van der Waals surface area contributed by atoms with Gasteiger partial charge in [0.15, 0.2) is 0 Å². The molecule has 4 aliphatic rings. The van der Waals surface area contributed by atoms with Crippen LogP contribution >= 0.6 is 9.53 Å². The molecule has 0 N–H and O–H groups in total. The average molecular weight is 277 g/mol. The Balaban J connectivity index is 1.90. The van der Waals surface area contributed by atoms with Crippen LogP contribution in [0, 0.1) is 17.8 Å². The number of hydrogen-bond acceptors (Lipinski definition) is 0. The maximum atomic E-state index is 6.17. The van der Waals surface area contributed by atoms with Gasteiger partial charge in [0.2, 0.25) is 0 Å². The van der Waals surface area contributed by atoms with Crippen LogP contribution in [0.2, 0.25) is 3.89 Å². The van der Waals surface area contributed by atoms with Gasteiger partial charge in [0, 0.05) is 0 Å². The van der Waals surface area contributed by atoms with Crippen molar-refractivity contribution >= 4 is 9.53 Å². The zero-order valence-electron chi connectivity index (χ0n) is 7.17. The molecular formula is C10H15ClPd. The first-order chi connectivity index (χ1) is 5.80. The summed E-state index contributed by atoms with van der Waals surface area (Å²) in [5.41, 5.74) is 0. The van der Waals surface area contributed by atoms with Gasteiger partial charge in [-0.1, -0.05) is 0 Å². The summed E-state index contributed by atoms with van der Waals surface area (Å²) in [4.78, 5) is 0. The fourth-order valence-corrected chi connectivity index (χ4v) is 6.60. The van der Waals surface area contributed by atoms with Crippen LogP contribution in [-0.2, 0) is 17.0 Å². The van der Waals surface area contributed by atoms with Crippen LogP contribution < -0.4 is 0 Å². The van der Waals surface area contributed by atoms with Crippen molar-refractivity contribution in [2.45, 2.75) is 42.4 Å². The summed E-state index contributed by atoms with van der Waals surface area (Å²) < 4.78 is 0.657. The summed E-state index contributed by atoms with van der Waals surface area (Å²) in [6, 6.07) is 0. The number of halogens is 1. The molecule has 72 valence electrons. The van der Waals surface area contributed by atoms with Gasteiger partial charge in [-0.05, 0) is 0 Å². The normalized spacial score (nSPS) is 56.6. The minimum absolute atomic E-state index is 0.513. The Hall–Kier alpha value is 0.952. The molecule has 0 atom stereocenters. The molecule has 0 aromatic rings. The van der Waals surface area contributed by atoms with Crippen LogP contribution in [-0.4, -0.2) is 0 Å². The summed E-state index contributed by atoms with van der Waals surface area (Å²) in [6.07, 6.45) is 9.09. The molecule has 0 heterocycles. The second-order valence-electron chi connectivity index (χ2n) is 5.06. The van der Waals surface area contributed by atoms with Crippen molar-refractivity contribution in [2.24, 2.45) is 17.8 Å². The van der Waals surface area contributed by atoms with Gasteiger partial charge in [0.05, 0.1) is 0 Å². The molecule has 0 amide bonds. The van der Waals surface area contributed by atoms with E-state index in [9.17, 15) is 0 Å². The van der Waals surface area contributed by atoms with Crippen LogP contribution in [0.25, 0.3) is 0 Å². The molecule has 4 saturated carbocycles. The molecule has 2 heteroatoms. The summed E-state index contributed by atoms with van der Waals surface area (Å²) in [6.45, 7) is 0. The third-order valence-electron chi connectivity index (χ3n) is 4.05. The first kappa shape index (κ1) is 8.28. The van der Waals surface area contributed by atoms with Gasteiger partial charge in [-0.3, -0.25) is 0 Å². The van der Waals surface area contributed by atoms with Crippen molar-refractivity contribution in [1.82, 2.24) is 0 Å². The topological polar surface area (TPSA) is 0 Å². The Morgan fingerprint density at radius 1 is 0.917 bits per heavy atom.